The van der Waals surface area contributed by atoms with Crippen molar-refractivity contribution in [3.8, 4) is 17.2 Å². The Morgan fingerprint density at radius 2 is 1.77 bits per heavy atom. The van der Waals surface area contributed by atoms with Gasteiger partial charge in [-0.25, -0.2) is 0 Å². The summed E-state index contributed by atoms with van der Waals surface area (Å²) in [5.74, 6) is 0.961. The second-order valence-corrected chi connectivity index (χ2v) is 4.90. The highest BCUT2D eigenvalue weighted by Gasteiger charge is 2.39. The number of amides is 1. The largest absolute Gasteiger partial charge is 0.493 e. The Bertz CT molecular complexity index is 564. The molecule has 0 bridgehead atoms. The van der Waals surface area contributed by atoms with Gasteiger partial charge in [-0.3, -0.25) is 14.9 Å². The second kappa shape index (κ2) is 6.50. The zero-order chi connectivity index (χ0) is 16.3. The van der Waals surface area contributed by atoms with Crippen LogP contribution in [0.2, 0.25) is 0 Å². The molecule has 1 fully saturated rings. The third kappa shape index (κ3) is 2.90. The van der Waals surface area contributed by atoms with Gasteiger partial charge < -0.3 is 19.5 Å². The first-order valence-corrected chi connectivity index (χ1v) is 6.74. The number of hydrogen-bond acceptors (Lipinski definition) is 6. The van der Waals surface area contributed by atoms with Crippen molar-refractivity contribution in [2.24, 2.45) is 0 Å². The van der Waals surface area contributed by atoms with Gasteiger partial charge in [0, 0.05) is 17.8 Å². The quantitative estimate of drug-likeness (QED) is 0.650. The average molecular weight is 310 g/mol. The highest BCUT2D eigenvalue weighted by Crippen LogP contribution is 2.41. The van der Waals surface area contributed by atoms with Crippen molar-refractivity contribution in [2.45, 2.75) is 24.9 Å². The van der Waals surface area contributed by atoms with Crippen molar-refractivity contribution in [2.75, 3.05) is 21.3 Å². The molecule has 1 aliphatic heterocycles. The van der Waals surface area contributed by atoms with Crippen molar-refractivity contribution >= 4 is 5.91 Å². The summed E-state index contributed by atoms with van der Waals surface area (Å²) in [6.45, 7) is 0. The van der Waals surface area contributed by atoms with E-state index in [1.807, 2.05) is 0 Å². The van der Waals surface area contributed by atoms with Gasteiger partial charge in [-0.15, -0.1) is 0 Å². The fraction of sp³-hybridized carbons (Fsp3) is 0.500. The molecule has 1 aromatic carbocycles. The molecule has 0 radical (unpaired) electrons. The molecule has 1 heterocycles. The molecular formula is C14H18N2O6. The number of carbonyl (C=O) groups is 1. The first-order valence-electron chi connectivity index (χ1n) is 6.74. The third-order valence-electron chi connectivity index (χ3n) is 3.69. The van der Waals surface area contributed by atoms with Gasteiger partial charge in [0.05, 0.1) is 21.3 Å². The van der Waals surface area contributed by atoms with Crippen LogP contribution in [0.3, 0.4) is 0 Å². The van der Waals surface area contributed by atoms with Crippen molar-refractivity contribution in [3.05, 3.63) is 27.8 Å². The van der Waals surface area contributed by atoms with Crippen molar-refractivity contribution in [1.29, 1.82) is 0 Å². The van der Waals surface area contributed by atoms with Gasteiger partial charge in [-0.05, 0) is 17.7 Å². The van der Waals surface area contributed by atoms with E-state index in [2.05, 4.69) is 5.32 Å². The smallest absolute Gasteiger partial charge is 0.237 e. The number of rotatable bonds is 5. The summed E-state index contributed by atoms with van der Waals surface area (Å²) in [4.78, 5) is 22.5. The lowest BCUT2D eigenvalue weighted by Crippen LogP contribution is -2.45. The number of hydrogen-bond donors (Lipinski definition) is 1. The van der Waals surface area contributed by atoms with Crippen LogP contribution in [0.1, 0.15) is 24.4 Å². The monoisotopic (exact) mass is 310 g/mol. The lowest BCUT2D eigenvalue weighted by Gasteiger charge is -2.27. The van der Waals surface area contributed by atoms with E-state index in [1.165, 1.54) is 21.3 Å². The Balaban J connectivity index is 2.49. The van der Waals surface area contributed by atoms with Crippen molar-refractivity contribution in [1.82, 2.24) is 5.32 Å². The fourth-order valence-corrected chi connectivity index (χ4v) is 2.60. The molecular weight excluding hydrogens is 292 g/mol. The molecule has 0 aliphatic carbocycles. The van der Waals surface area contributed by atoms with E-state index in [0.717, 1.165) is 0 Å². The molecule has 0 saturated carbocycles. The molecule has 1 saturated heterocycles. The number of piperidine rings is 1. The zero-order valence-electron chi connectivity index (χ0n) is 12.6. The summed E-state index contributed by atoms with van der Waals surface area (Å²) in [5, 5.41) is 13.9. The lowest BCUT2D eigenvalue weighted by molar-refractivity contribution is -0.529. The summed E-state index contributed by atoms with van der Waals surface area (Å²) in [6, 6.07) is 1.62. The van der Waals surface area contributed by atoms with Crippen LogP contribution in [0.15, 0.2) is 12.1 Å². The molecule has 0 aromatic heterocycles. The van der Waals surface area contributed by atoms with Gasteiger partial charge in [0.15, 0.2) is 11.5 Å². The SMILES string of the molecule is COc1cc(C2NC(=O)CCC2[N+](=O)[O-])cc(OC)c1OC. The molecule has 1 aromatic rings. The van der Waals surface area contributed by atoms with E-state index in [-0.39, 0.29) is 23.7 Å². The maximum Gasteiger partial charge on any atom is 0.237 e. The summed E-state index contributed by atoms with van der Waals surface area (Å²) in [5.41, 5.74) is 0.546. The maximum atomic E-state index is 11.6. The lowest BCUT2D eigenvalue weighted by atomic mass is 9.92. The number of nitrogens with zero attached hydrogens (tertiary/aromatic N) is 1. The Hall–Kier alpha value is -2.51. The number of ether oxygens (including phenoxy) is 3. The first kappa shape index (κ1) is 15.9. The number of carbonyl (C=O) groups excluding carboxylic acids is 1. The van der Waals surface area contributed by atoms with Gasteiger partial charge in [0.2, 0.25) is 17.7 Å². The summed E-state index contributed by atoms with van der Waals surface area (Å²) in [6.07, 6.45) is 0.340. The molecule has 0 spiro atoms. The van der Waals surface area contributed by atoms with Crippen LogP contribution in [0, 0.1) is 10.1 Å². The minimum atomic E-state index is -0.888. The molecule has 120 valence electrons. The van der Waals surface area contributed by atoms with Crippen LogP contribution in [0.25, 0.3) is 0 Å². The number of benzene rings is 1. The third-order valence-corrected chi connectivity index (χ3v) is 3.69. The van der Waals surface area contributed by atoms with Gasteiger partial charge in [-0.1, -0.05) is 0 Å². The van der Waals surface area contributed by atoms with E-state index in [4.69, 9.17) is 14.2 Å². The summed E-state index contributed by atoms with van der Waals surface area (Å²) in [7, 11) is 4.40. The van der Waals surface area contributed by atoms with Crippen LogP contribution < -0.4 is 19.5 Å². The molecule has 2 unspecified atom stereocenters. The standard InChI is InChI=1S/C14H18N2O6/c1-20-10-6-8(7-11(21-2)14(10)22-3)13-9(16(18)19)4-5-12(17)15-13/h6-7,9,13H,4-5H2,1-3H3,(H,15,17). The van der Waals surface area contributed by atoms with E-state index >= 15 is 0 Å². The van der Waals surface area contributed by atoms with Gasteiger partial charge in [0.1, 0.15) is 6.04 Å². The number of methoxy groups -OCH3 is 3. The Kier molecular flexibility index (Phi) is 4.69. The molecule has 22 heavy (non-hydrogen) atoms. The maximum absolute atomic E-state index is 11.6. The highest BCUT2D eigenvalue weighted by molar-refractivity contribution is 5.77. The Morgan fingerprint density at radius 1 is 1.18 bits per heavy atom. The van der Waals surface area contributed by atoms with Crippen molar-refractivity contribution < 1.29 is 23.9 Å². The highest BCUT2D eigenvalue weighted by atomic mass is 16.6. The Morgan fingerprint density at radius 3 is 2.23 bits per heavy atom. The normalized spacial score (nSPS) is 21.0. The molecule has 8 heteroatoms. The molecule has 1 N–H and O–H groups in total. The van der Waals surface area contributed by atoms with Crippen LogP contribution in [-0.2, 0) is 4.79 Å². The number of nitro groups is 1. The molecule has 1 amide bonds. The minimum absolute atomic E-state index is 0.145. The zero-order valence-corrected chi connectivity index (χ0v) is 12.6. The van der Waals surface area contributed by atoms with Crippen LogP contribution in [0.5, 0.6) is 17.2 Å². The van der Waals surface area contributed by atoms with Gasteiger partial charge in [0.25, 0.3) is 0 Å². The molecule has 1 aliphatic rings. The van der Waals surface area contributed by atoms with Crippen LogP contribution in [0.4, 0.5) is 0 Å². The second-order valence-electron chi connectivity index (χ2n) is 4.90. The predicted octanol–water partition coefficient (Wildman–Crippen LogP) is 1.31. The van der Waals surface area contributed by atoms with E-state index in [9.17, 15) is 14.9 Å². The van der Waals surface area contributed by atoms with Crippen molar-refractivity contribution in [3.63, 3.8) is 0 Å². The topological polar surface area (TPSA) is 99.9 Å². The van der Waals surface area contributed by atoms with Gasteiger partial charge >= 0.3 is 0 Å². The summed E-state index contributed by atoms with van der Waals surface area (Å²) < 4.78 is 15.7. The van der Waals surface area contributed by atoms with Crippen LogP contribution >= 0.6 is 0 Å². The first-order chi connectivity index (χ1) is 10.5. The van der Waals surface area contributed by atoms with Gasteiger partial charge in [-0.2, -0.15) is 0 Å². The average Bonchev–Trinajstić information content (AvgIpc) is 2.52. The Labute approximate surface area is 127 Å². The van der Waals surface area contributed by atoms with E-state index in [0.29, 0.717) is 22.8 Å². The fourth-order valence-electron chi connectivity index (χ4n) is 2.60. The molecule has 8 nitrogen and oxygen atoms in total. The number of nitrogens with one attached hydrogen (secondary N) is 1. The van der Waals surface area contributed by atoms with E-state index in [1.54, 1.807) is 12.1 Å². The minimum Gasteiger partial charge on any atom is -0.493 e. The molecule has 2 rings (SSSR count). The van der Waals surface area contributed by atoms with Crippen LogP contribution in [-0.4, -0.2) is 38.2 Å². The summed E-state index contributed by atoms with van der Waals surface area (Å²) >= 11 is 0. The molecule has 2 atom stereocenters. The van der Waals surface area contributed by atoms with E-state index < -0.39 is 12.1 Å². The predicted molar refractivity (Wildman–Crippen MR) is 77.0 cm³/mol.